The smallest absolute Gasteiger partial charge is 0.362 e. The Morgan fingerprint density at radius 3 is 2.62 bits per heavy atom. The van der Waals surface area contributed by atoms with Crippen molar-refractivity contribution in [2.24, 2.45) is 0 Å². The number of esters is 1. The molecule has 1 aromatic carbocycles. The van der Waals surface area contributed by atoms with E-state index in [4.69, 9.17) is 9.47 Å². The molecule has 0 spiro atoms. The summed E-state index contributed by atoms with van der Waals surface area (Å²) in [4.78, 5) is 31.5. The second-order valence-electron chi connectivity index (χ2n) is 8.11. The number of aromatic nitrogens is 3. The molecule has 34 heavy (non-hydrogen) atoms. The van der Waals surface area contributed by atoms with Gasteiger partial charge in [0.15, 0.2) is 12.3 Å². The minimum Gasteiger partial charge on any atom is -0.470 e. The van der Waals surface area contributed by atoms with Gasteiger partial charge in [0.1, 0.15) is 5.75 Å². The fraction of sp³-hybridized carbons (Fsp3) is 0.292. The van der Waals surface area contributed by atoms with Crippen molar-refractivity contribution in [3.8, 4) is 11.6 Å². The zero-order valence-corrected chi connectivity index (χ0v) is 18.8. The quantitative estimate of drug-likeness (QED) is 0.380. The van der Waals surface area contributed by atoms with Crippen LogP contribution in [0.5, 0.6) is 11.6 Å². The number of benzene rings is 1. The molecule has 1 amide bonds. The maximum absolute atomic E-state index is 13.1. The summed E-state index contributed by atoms with van der Waals surface area (Å²) in [5.41, 5.74) is 1.86. The topological polar surface area (TPSA) is 94.5 Å². The lowest BCUT2D eigenvalue weighted by molar-refractivity contribution is -0.0247. The summed E-state index contributed by atoms with van der Waals surface area (Å²) in [7, 11) is 0. The van der Waals surface area contributed by atoms with Gasteiger partial charge in [-0.05, 0) is 38.1 Å². The summed E-state index contributed by atoms with van der Waals surface area (Å²) < 4.78 is 36.6. The number of ether oxygens (including phenoxy) is 2. The molecule has 0 bridgehead atoms. The summed E-state index contributed by atoms with van der Waals surface area (Å²) in [6, 6.07) is 11.3. The van der Waals surface area contributed by atoms with E-state index in [0.717, 1.165) is 6.92 Å². The van der Waals surface area contributed by atoms with Gasteiger partial charge in [-0.25, -0.2) is 18.6 Å². The SMILES string of the molecule is Cc1cc(C(C)N2Cc3c(ccnc3C(=O)Oc3ccccc3)C2=O)nnc1OCC(C)(F)F. The average Bonchev–Trinajstić information content (AvgIpc) is 3.14. The second kappa shape index (κ2) is 9.12. The molecule has 4 rings (SSSR count). The van der Waals surface area contributed by atoms with Crippen LogP contribution in [0, 0.1) is 6.92 Å². The van der Waals surface area contributed by atoms with E-state index in [1.807, 2.05) is 0 Å². The number of rotatable bonds is 7. The predicted octanol–water partition coefficient (Wildman–Crippen LogP) is 4.15. The third kappa shape index (κ3) is 4.85. The van der Waals surface area contributed by atoms with Gasteiger partial charge < -0.3 is 14.4 Å². The lowest BCUT2D eigenvalue weighted by Crippen LogP contribution is -2.28. The molecule has 3 heterocycles. The molecule has 1 atom stereocenters. The number of fused-ring (bicyclic) bond motifs is 1. The van der Waals surface area contributed by atoms with Gasteiger partial charge in [-0.1, -0.05) is 18.2 Å². The monoisotopic (exact) mass is 468 g/mol. The normalized spacial score (nSPS) is 14.0. The molecule has 8 nitrogen and oxygen atoms in total. The summed E-state index contributed by atoms with van der Waals surface area (Å²) in [6.07, 6.45) is 1.39. The summed E-state index contributed by atoms with van der Waals surface area (Å²) in [5.74, 6) is -3.57. The van der Waals surface area contributed by atoms with Crippen molar-refractivity contribution in [1.82, 2.24) is 20.1 Å². The van der Waals surface area contributed by atoms with Gasteiger partial charge in [-0.3, -0.25) is 4.79 Å². The van der Waals surface area contributed by atoms with Crippen LogP contribution < -0.4 is 9.47 Å². The highest BCUT2D eigenvalue weighted by molar-refractivity contribution is 6.02. The molecule has 0 fully saturated rings. The number of hydrogen-bond donors (Lipinski definition) is 0. The van der Waals surface area contributed by atoms with Crippen molar-refractivity contribution in [3.05, 3.63) is 76.7 Å². The number of carbonyl (C=O) groups excluding carboxylic acids is 2. The van der Waals surface area contributed by atoms with E-state index in [9.17, 15) is 18.4 Å². The minimum absolute atomic E-state index is 0.00338. The van der Waals surface area contributed by atoms with Crippen LogP contribution in [0.2, 0.25) is 0 Å². The second-order valence-corrected chi connectivity index (χ2v) is 8.11. The van der Waals surface area contributed by atoms with Crippen molar-refractivity contribution < 1.29 is 27.8 Å². The summed E-state index contributed by atoms with van der Waals surface area (Å²) in [6.45, 7) is 3.50. The van der Waals surface area contributed by atoms with E-state index in [2.05, 4.69) is 15.2 Å². The van der Waals surface area contributed by atoms with Gasteiger partial charge in [-0.2, -0.15) is 0 Å². The molecular formula is C24H22F2N4O4. The molecule has 1 unspecified atom stereocenters. The van der Waals surface area contributed by atoms with E-state index >= 15 is 0 Å². The third-order valence-electron chi connectivity index (χ3n) is 5.34. The predicted molar refractivity (Wildman–Crippen MR) is 117 cm³/mol. The van der Waals surface area contributed by atoms with Gasteiger partial charge in [0.25, 0.3) is 11.8 Å². The molecule has 0 saturated carbocycles. The Hall–Kier alpha value is -3.95. The summed E-state index contributed by atoms with van der Waals surface area (Å²) in [5, 5.41) is 7.98. The van der Waals surface area contributed by atoms with E-state index in [1.54, 1.807) is 56.3 Å². The van der Waals surface area contributed by atoms with Gasteiger partial charge >= 0.3 is 5.97 Å². The van der Waals surface area contributed by atoms with Crippen LogP contribution in [0.1, 0.15) is 57.6 Å². The van der Waals surface area contributed by atoms with Crippen molar-refractivity contribution in [2.75, 3.05) is 6.61 Å². The number of para-hydroxylation sites is 1. The van der Waals surface area contributed by atoms with Crippen molar-refractivity contribution in [2.45, 2.75) is 39.3 Å². The van der Waals surface area contributed by atoms with Crippen LogP contribution in [-0.2, 0) is 6.54 Å². The largest absolute Gasteiger partial charge is 0.470 e. The molecule has 0 aliphatic carbocycles. The molecule has 3 aromatic rings. The first-order valence-corrected chi connectivity index (χ1v) is 10.5. The van der Waals surface area contributed by atoms with Crippen molar-refractivity contribution in [1.29, 1.82) is 0 Å². The number of alkyl halides is 2. The average molecular weight is 468 g/mol. The zero-order valence-electron chi connectivity index (χ0n) is 18.8. The number of hydrogen-bond acceptors (Lipinski definition) is 7. The molecule has 0 N–H and O–H groups in total. The highest BCUT2D eigenvalue weighted by Gasteiger charge is 2.36. The van der Waals surface area contributed by atoms with Crippen molar-refractivity contribution in [3.63, 3.8) is 0 Å². The van der Waals surface area contributed by atoms with E-state index in [1.165, 1.54) is 11.1 Å². The van der Waals surface area contributed by atoms with Gasteiger partial charge in [0, 0.05) is 36.4 Å². The van der Waals surface area contributed by atoms with Crippen LogP contribution in [0.3, 0.4) is 0 Å². The Balaban J connectivity index is 1.53. The molecule has 0 radical (unpaired) electrons. The van der Waals surface area contributed by atoms with E-state index in [-0.39, 0.29) is 24.0 Å². The number of nitrogens with zero attached hydrogens (tertiary/aromatic N) is 4. The molecule has 10 heteroatoms. The van der Waals surface area contributed by atoms with Crippen LogP contribution in [0.25, 0.3) is 0 Å². The Labute approximate surface area is 194 Å². The molecular weight excluding hydrogens is 446 g/mol. The molecule has 2 aromatic heterocycles. The fourth-order valence-corrected chi connectivity index (χ4v) is 3.58. The lowest BCUT2D eigenvalue weighted by Gasteiger charge is -2.24. The van der Waals surface area contributed by atoms with E-state index in [0.29, 0.717) is 28.1 Å². The standard InChI is InChI=1S/C24H22F2N4O4/c1-14-11-19(28-29-21(14)33-13-24(3,25)26)15(2)30-12-18-17(22(30)31)9-10-27-20(18)23(32)34-16-7-5-4-6-8-16/h4-11,15H,12-13H2,1-3H3. The summed E-state index contributed by atoms with van der Waals surface area (Å²) >= 11 is 0. The van der Waals surface area contributed by atoms with Crippen LogP contribution in [0.4, 0.5) is 8.78 Å². The Kier molecular flexibility index (Phi) is 6.23. The highest BCUT2D eigenvalue weighted by Crippen LogP contribution is 2.33. The number of halogens is 2. The number of pyridine rings is 1. The number of amides is 1. The van der Waals surface area contributed by atoms with Crippen LogP contribution in [-0.4, -0.2) is 44.5 Å². The zero-order chi connectivity index (χ0) is 24.5. The molecule has 0 saturated heterocycles. The highest BCUT2D eigenvalue weighted by atomic mass is 19.3. The molecule has 1 aliphatic rings. The Morgan fingerprint density at radius 1 is 1.21 bits per heavy atom. The van der Waals surface area contributed by atoms with E-state index < -0.39 is 24.5 Å². The molecule has 176 valence electrons. The fourth-order valence-electron chi connectivity index (χ4n) is 3.58. The number of carbonyl (C=O) groups is 2. The number of aryl methyl sites for hydroxylation is 1. The van der Waals surface area contributed by atoms with Crippen LogP contribution in [0.15, 0.2) is 48.7 Å². The first-order valence-electron chi connectivity index (χ1n) is 10.5. The lowest BCUT2D eigenvalue weighted by atomic mass is 10.1. The third-order valence-corrected chi connectivity index (χ3v) is 5.34. The van der Waals surface area contributed by atoms with Gasteiger partial charge in [0.2, 0.25) is 5.88 Å². The Morgan fingerprint density at radius 2 is 1.94 bits per heavy atom. The molecule has 1 aliphatic heterocycles. The van der Waals surface area contributed by atoms with Gasteiger partial charge in [-0.15, -0.1) is 10.2 Å². The maximum Gasteiger partial charge on any atom is 0.362 e. The van der Waals surface area contributed by atoms with Crippen molar-refractivity contribution >= 4 is 11.9 Å². The Bertz CT molecular complexity index is 1230. The van der Waals surface area contributed by atoms with Gasteiger partial charge in [0.05, 0.1) is 11.7 Å². The first-order chi connectivity index (χ1) is 16.1. The van der Waals surface area contributed by atoms with Crippen LogP contribution >= 0.6 is 0 Å². The first kappa shape index (κ1) is 23.2. The maximum atomic E-state index is 13.1. The minimum atomic E-state index is -3.00.